The number of rotatable bonds is 5. The van der Waals surface area contributed by atoms with Crippen LogP contribution >= 0.6 is 0 Å². The molecule has 1 aliphatic rings. The summed E-state index contributed by atoms with van der Waals surface area (Å²) in [5.74, 6) is -0.346. The molecule has 1 rings (SSSR count). The van der Waals surface area contributed by atoms with E-state index in [-0.39, 0.29) is 5.97 Å². The molecule has 0 unspecified atom stereocenters. The molecule has 0 spiro atoms. The second-order valence-electron chi connectivity index (χ2n) is 2.47. The number of hydrogen-bond donors (Lipinski definition) is 0. The third-order valence-electron chi connectivity index (χ3n) is 1.48. The van der Waals surface area contributed by atoms with Crippen molar-refractivity contribution >= 4 is 5.97 Å². The summed E-state index contributed by atoms with van der Waals surface area (Å²) in [5.41, 5.74) is 0. The largest absolute Gasteiger partial charge is 0.463 e. The van der Waals surface area contributed by atoms with Crippen LogP contribution in [0.3, 0.4) is 0 Å². The summed E-state index contributed by atoms with van der Waals surface area (Å²) in [5, 5.41) is 0. The average Bonchev–Trinajstić information content (AvgIpc) is 2.81. The first kappa shape index (κ1) is 8.27. The second kappa shape index (κ2) is 4.13. The Labute approximate surface area is 66.0 Å². The van der Waals surface area contributed by atoms with Gasteiger partial charge >= 0.3 is 5.97 Å². The molecule has 0 N–H and O–H groups in total. The quantitative estimate of drug-likeness (QED) is 0.257. The lowest BCUT2D eigenvalue weighted by molar-refractivity contribution is -0.137. The van der Waals surface area contributed by atoms with Crippen LogP contribution in [0, 0.1) is 0 Å². The zero-order chi connectivity index (χ0) is 8.10. The Kier molecular flexibility index (Phi) is 3.11. The van der Waals surface area contributed by atoms with Gasteiger partial charge < -0.3 is 9.47 Å². The molecule has 1 fully saturated rings. The number of hydrogen-bond acceptors (Lipinski definition) is 3. The first-order valence-electron chi connectivity index (χ1n) is 3.73. The van der Waals surface area contributed by atoms with Gasteiger partial charge in [-0.15, -0.1) is 0 Å². The van der Waals surface area contributed by atoms with Gasteiger partial charge in [0.25, 0.3) is 0 Å². The zero-order valence-electron chi connectivity index (χ0n) is 6.41. The van der Waals surface area contributed by atoms with Crippen molar-refractivity contribution in [3.63, 3.8) is 0 Å². The van der Waals surface area contributed by atoms with E-state index in [9.17, 15) is 4.79 Å². The number of esters is 1. The minimum absolute atomic E-state index is 0.346. The molecule has 1 aliphatic heterocycles. The highest BCUT2D eigenvalue weighted by Gasteiger charge is 2.21. The predicted molar refractivity (Wildman–Crippen MR) is 40.1 cm³/mol. The van der Waals surface area contributed by atoms with Crippen LogP contribution in [0.1, 0.15) is 12.8 Å². The van der Waals surface area contributed by atoms with Gasteiger partial charge in [0.1, 0.15) is 0 Å². The van der Waals surface area contributed by atoms with Crippen molar-refractivity contribution in [2.75, 3.05) is 13.2 Å². The highest BCUT2D eigenvalue weighted by Crippen LogP contribution is 2.14. The molecule has 62 valence electrons. The first-order valence-corrected chi connectivity index (χ1v) is 3.73. The average molecular weight is 156 g/mol. The topological polar surface area (TPSA) is 38.8 Å². The van der Waals surface area contributed by atoms with Gasteiger partial charge in [0.15, 0.2) is 0 Å². The maximum atomic E-state index is 10.5. The standard InChI is InChI=1S/C8H12O3/c1-2-8(9)10-5-3-4-7-6-11-7/h2,7H,1,3-6H2/t7-/m0/s1. The summed E-state index contributed by atoms with van der Waals surface area (Å²) < 4.78 is 9.74. The van der Waals surface area contributed by atoms with E-state index in [1.54, 1.807) is 0 Å². The molecule has 1 saturated heterocycles. The summed E-state index contributed by atoms with van der Waals surface area (Å²) in [6.45, 7) is 4.63. The van der Waals surface area contributed by atoms with Crippen LogP contribution in [-0.4, -0.2) is 25.3 Å². The Morgan fingerprint density at radius 1 is 1.82 bits per heavy atom. The van der Waals surface area contributed by atoms with Crippen molar-refractivity contribution < 1.29 is 14.3 Å². The second-order valence-corrected chi connectivity index (χ2v) is 2.47. The highest BCUT2D eigenvalue weighted by atomic mass is 16.6. The molecular formula is C8H12O3. The number of ether oxygens (including phenoxy) is 2. The minimum Gasteiger partial charge on any atom is -0.463 e. The minimum atomic E-state index is -0.346. The van der Waals surface area contributed by atoms with Gasteiger partial charge in [-0.05, 0) is 12.8 Å². The first-order chi connectivity index (χ1) is 5.33. The number of epoxide rings is 1. The highest BCUT2D eigenvalue weighted by molar-refractivity contribution is 5.81. The third-order valence-corrected chi connectivity index (χ3v) is 1.48. The fraction of sp³-hybridized carbons (Fsp3) is 0.625. The van der Waals surface area contributed by atoms with Gasteiger partial charge in [0.05, 0.1) is 19.3 Å². The van der Waals surface area contributed by atoms with E-state index in [2.05, 4.69) is 6.58 Å². The van der Waals surface area contributed by atoms with Crippen LogP contribution in [-0.2, 0) is 14.3 Å². The van der Waals surface area contributed by atoms with E-state index in [4.69, 9.17) is 9.47 Å². The Bertz CT molecular complexity index is 149. The van der Waals surface area contributed by atoms with Crippen LogP contribution in [0.15, 0.2) is 12.7 Å². The maximum Gasteiger partial charge on any atom is 0.330 e. The molecular weight excluding hydrogens is 144 g/mol. The molecule has 0 aromatic rings. The van der Waals surface area contributed by atoms with Crippen molar-refractivity contribution in [2.45, 2.75) is 18.9 Å². The van der Waals surface area contributed by atoms with E-state index in [0.717, 1.165) is 19.4 Å². The van der Waals surface area contributed by atoms with Gasteiger partial charge in [-0.2, -0.15) is 0 Å². The van der Waals surface area contributed by atoms with Crippen LogP contribution < -0.4 is 0 Å². The Hall–Kier alpha value is -0.830. The van der Waals surface area contributed by atoms with Crippen molar-refractivity contribution in [3.8, 4) is 0 Å². The fourth-order valence-corrected chi connectivity index (χ4v) is 0.777. The van der Waals surface area contributed by atoms with Crippen LogP contribution in [0.2, 0.25) is 0 Å². The normalized spacial score (nSPS) is 20.9. The molecule has 0 bridgehead atoms. The van der Waals surface area contributed by atoms with Crippen LogP contribution in [0.4, 0.5) is 0 Å². The molecule has 11 heavy (non-hydrogen) atoms. The van der Waals surface area contributed by atoms with Crippen molar-refractivity contribution in [2.24, 2.45) is 0 Å². The van der Waals surface area contributed by atoms with Gasteiger partial charge in [-0.3, -0.25) is 0 Å². The maximum absolute atomic E-state index is 10.5. The molecule has 0 aromatic heterocycles. The molecule has 0 radical (unpaired) electrons. The Balaban J connectivity index is 1.86. The van der Waals surface area contributed by atoms with Crippen molar-refractivity contribution in [1.29, 1.82) is 0 Å². The van der Waals surface area contributed by atoms with Gasteiger partial charge in [0.2, 0.25) is 0 Å². The third kappa shape index (κ3) is 3.78. The smallest absolute Gasteiger partial charge is 0.330 e. The van der Waals surface area contributed by atoms with Gasteiger partial charge in [-0.1, -0.05) is 6.58 Å². The SMILES string of the molecule is C=CC(=O)OCCC[C@H]1CO1. The molecule has 1 heterocycles. The summed E-state index contributed by atoms with van der Waals surface area (Å²) in [7, 11) is 0. The zero-order valence-corrected chi connectivity index (χ0v) is 6.41. The van der Waals surface area contributed by atoms with Crippen molar-refractivity contribution in [1.82, 2.24) is 0 Å². The molecule has 3 heteroatoms. The fourth-order valence-electron chi connectivity index (χ4n) is 0.777. The van der Waals surface area contributed by atoms with Gasteiger partial charge in [0, 0.05) is 6.08 Å². The predicted octanol–water partition coefficient (Wildman–Crippen LogP) is 0.895. The number of carbonyl (C=O) groups is 1. The lowest BCUT2D eigenvalue weighted by atomic mass is 10.3. The summed E-state index contributed by atoms with van der Waals surface area (Å²) in [6.07, 6.45) is 3.47. The molecule has 1 atom stereocenters. The lowest BCUT2D eigenvalue weighted by Crippen LogP contribution is -2.02. The Morgan fingerprint density at radius 3 is 3.09 bits per heavy atom. The van der Waals surface area contributed by atoms with Crippen molar-refractivity contribution in [3.05, 3.63) is 12.7 Å². The van der Waals surface area contributed by atoms with E-state index in [1.165, 1.54) is 6.08 Å². The van der Waals surface area contributed by atoms with E-state index in [0.29, 0.717) is 12.7 Å². The summed E-state index contributed by atoms with van der Waals surface area (Å²) in [6, 6.07) is 0. The molecule has 0 saturated carbocycles. The van der Waals surface area contributed by atoms with E-state index < -0.39 is 0 Å². The molecule has 0 amide bonds. The summed E-state index contributed by atoms with van der Waals surface area (Å²) in [4.78, 5) is 10.5. The van der Waals surface area contributed by atoms with E-state index in [1.807, 2.05) is 0 Å². The van der Waals surface area contributed by atoms with Crippen LogP contribution in [0.25, 0.3) is 0 Å². The van der Waals surface area contributed by atoms with E-state index >= 15 is 0 Å². The van der Waals surface area contributed by atoms with Crippen LogP contribution in [0.5, 0.6) is 0 Å². The molecule has 0 aliphatic carbocycles. The molecule has 0 aromatic carbocycles. The number of carbonyl (C=O) groups excluding carboxylic acids is 1. The lowest BCUT2D eigenvalue weighted by Gasteiger charge is -1.98. The monoisotopic (exact) mass is 156 g/mol. The summed E-state index contributed by atoms with van der Waals surface area (Å²) >= 11 is 0. The molecule has 3 nitrogen and oxygen atoms in total. The van der Waals surface area contributed by atoms with Gasteiger partial charge in [-0.25, -0.2) is 4.79 Å². The Morgan fingerprint density at radius 2 is 2.55 bits per heavy atom.